The highest BCUT2D eigenvalue weighted by molar-refractivity contribution is 9.11. The van der Waals surface area contributed by atoms with Crippen LogP contribution in [0.25, 0.3) is 0 Å². The number of ether oxygens (including phenoxy) is 1. The Labute approximate surface area is 109 Å². The Morgan fingerprint density at radius 2 is 1.56 bits per heavy atom. The predicted molar refractivity (Wildman–Crippen MR) is 74.0 cm³/mol. The summed E-state index contributed by atoms with van der Waals surface area (Å²) in [6.45, 7) is 0. The van der Waals surface area contributed by atoms with Crippen molar-refractivity contribution >= 4 is 15.9 Å². The molecule has 0 spiro atoms. The summed E-state index contributed by atoms with van der Waals surface area (Å²) >= 11 is 3.66. The van der Waals surface area contributed by atoms with Gasteiger partial charge in [0.15, 0.2) is 0 Å². The first-order valence-electron chi connectivity index (χ1n) is 6.73. The molecule has 16 heavy (non-hydrogen) atoms. The van der Waals surface area contributed by atoms with Crippen LogP contribution in [-0.2, 0) is 4.74 Å². The summed E-state index contributed by atoms with van der Waals surface area (Å²) in [5.41, 5.74) is 0. The van der Waals surface area contributed by atoms with Gasteiger partial charge in [0.25, 0.3) is 0 Å². The predicted octanol–water partition coefficient (Wildman–Crippen LogP) is 5.19. The normalized spacial score (nSPS) is 29.4. The van der Waals surface area contributed by atoms with Gasteiger partial charge in [0.1, 0.15) is 0 Å². The molecule has 0 aromatic rings. The van der Waals surface area contributed by atoms with Gasteiger partial charge >= 0.3 is 0 Å². The Bertz CT molecular complexity index is 201. The lowest BCUT2D eigenvalue weighted by atomic mass is 10.1. The zero-order chi connectivity index (χ0) is 11.6. The maximum absolute atomic E-state index is 5.52. The molecule has 0 saturated carbocycles. The van der Waals surface area contributed by atoms with Crippen LogP contribution in [0.5, 0.6) is 0 Å². The van der Waals surface area contributed by atoms with Crippen LogP contribution >= 0.6 is 15.9 Å². The molecule has 0 saturated heterocycles. The van der Waals surface area contributed by atoms with Crippen molar-refractivity contribution in [2.75, 3.05) is 7.11 Å². The molecule has 94 valence electrons. The summed E-state index contributed by atoms with van der Waals surface area (Å²) in [5, 5.41) is 0. The largest absolute Gasteiger partial charge is 0.376 e. The van der Waals surface area contributed by atoms with Crippen molar-refractivity contribution in [1.82, 2.24) is 0 Å². The fourth-order valence-corrected chi connectivity index (χ4v) is 2.92. The van der Waals surface area contributed by atoms with Gasteiger partial charge in [-0.15, -0.1) is 0 Å². The summed E-state index contributed by atoms with van der Waals surface area (Å²) in [6.07, 6.45) is 16.0. The average molecular weight is 289 g/mol. The Morgan fingerprint density at radius 1 is 1.00 bits per heavy atom. The van der Waals surface area contributed by atoms with Crippen molar-refractivity contribution in [3.8, 4) is 0 Å². The van der Waals surface area contributed by atoms with Crippen molar-refractivity contribution in [2.45, 2.75) is 70.3 Å². The van der Waals surface area contributed by atoms with Gasteiger partial charge in [-0.25, -0.2) is 0 Å². The summed E-state index contributed by atoms with van der Waals surface area (Å²) in [5.74, 6) is 0. The van der Waals surface area contributed by atoms with E-state index in [0.29, 0.717) is 6.10 Å². The van der Waals surface area contributed by atoms with Gasteiger partial charge in [0, 0.05) is 11.6 Å². The van der Waals surface area contributed by atoms with Crippen LogP contribution in [0.1, 0.15) is 64.2 Å². The average Bonchev–Trinajstić information content (AvgIpc) is 2.31. The molecule has 1 aliphatic carbocycles. The van der Waals surface area contributed by atoms with Crippen LogP contribution in [0.3, 0.4) is 0 Å². The number of halogens is 1. The minimum atomic E-state index is 0.292. The van der Waals surface area contributed by atoms with Gasteiger partial charge < -0.3 is 4.74 Å². The molecule has 0 heterocycles. The van der Waals surface area contributed by atoms with E-state index in [9.17, 15) is 0 Å². The molecule has 0 aromatic heterocycles. The van der Waals surface area contributed by atoms with Crippen LogP contribution in [0.4, 0.5) is 0 Å². The molecule has 0 aromatic carbocycles. The third-order valence-electron chi connectivity index (χ3n) is 3.35. The molecule has 0 N–H and O–H groups in total. The summed E-state index contributed by atoms with van der Waals surface area (Å²) in [6, 6.07) is 0. The minimum Gasteiger partial charge on any atom is -0.376 e. The van der Waals surface area contributed by atoms with E-state index in [2.05, 4.69) is 22.0 Å². The Hall–Kier alpha value is 0.180. The third kappa shape index (κ3) is 6.05. The Morgan fingerprint density at radius 3 is 2.19 bits per heavy atom. The van der Waals surface area contributed by atoms with E-state index < -0.39 is 0 Å². The van der Waals surface area contributed by atoms with Gasteiger partial charge in [-0.05, 0) is 19.3 Å². The van der Waals surface area contributed by atoms with Gasteiger partial charge in [-0.2, -0.15) is 0 Å². The van der Waals surface area contributed by atoms with Gasteiger partial charge in [0.05, 0.1) is 6.10 Å². The summed E-state index contributed by atoms with van der Waals surface area (Å²) in [4.78, 5) is 0. The van der Waals surface area contributed by atoms with E-state index >= 15 is 0 Å². The van der Waals surface area contributed by atoms with Crippen molar-refractivity contribution in [1.29, 1.82) is 0 Å². The maximum atomic E-state index is 5.52. The zero-order valence-corrected chi connectivity index (χ0v) is 12.1. The maximum Gasteiger partial charge on any atom is 0.0882 e. The van der Waals surface area contributed by atoms with Gasteiger partial charge in [0.2, 0.25) is 0 Å². The van der Waals surface area contributed by atoms with E-state index in [-0.39, 0.29) is 0 Å². The van der Waals surface area contributed by atoms with Crippen molar-refractivity contribution < 1.29 is 4.74 Å². The lowest BCUT2D eigenvalue weighted by molar-refractivity contribution is 0.128. The van der Waals surface area contributed by atoms with E-state index in [4.69, 9.17) is 4.74 Å². The second-order valence-corrected chi connectivity index (χ2v) is 5.63. The highest BCUT2D eigenvalue weighted by atomic mass is 79.9. The lowest BCUT2D eigenvalue weighted by Crippen LogP contribution is -2.10. The fraction of sp³-hybridized carbons (Fsp3) is 0.857. The quantitative estimate of drug-likeness (QED) is 0.645. The van der Waals surface area contributed by atoms with E-state index in [1.807, 2.05) is 7.11 Å². The van der Waals surface area contributed by atoms with E-state index in [1.165, 1.54) is 62.3 Å². The van der Waals surface area contributed by atoms with Crippen molar-refractivity contribution in [2.24, 2.45) is 0 Å². The minimum absolute atomic E-state index is 0.292. The monoisotopic (exact) mass is 288 g/mol. The number of hydrogen-bond donors (Lipinski definition) is 0. The Balaban J connectivity index is 2.41. The number of rotatable bonds is 1. The second-order valence-electron chi connectivity index (χ2n) is 4.72. The second kappa shape index (κ2) is 9.23. The zero-order valence-electron chi connectivity index (χ0n) is 10.5. The standard InChI is InChI=1S/C14H25BrO/c1-16-14-12-10-8-6-4-2-3-5-7-9-11-13(14)15/h11,14H,2-10,12H2,1H3/b13-11-. The van der Waals surface area contributed by atoms with Gasteiger partial charge in [-0.3, -0.25) is 0 Å². The van der Waals surface area contributed by atoms with Crippen LogP contribution in [0, 0.1) is 0 Å². The summed E-state index contributed by atoms with van der Waals surface area (Å²) in [7, 11) is 1.82. The topological polar surface area (TPSA) is 9.23 Å². The molecule has 0 bridgehead atoms. The van der Waals surface area contributed by atoms with Gasteiger partial charge in [-0.1, -0.05) is 67.0 Å². The lowest BCUT2D eigenvalue weighted by Gasteiger charge is -2.14. The van der Waals surface area contributed by atoms with E-state index in [0.717, 1.165) is 6.42 Å². The molecule has 1 nitrogen and oxygen atoms in total. The van der Waals surface area contributed by atoms with E-state index in [1.54, 1.807) is 0 Å². The van der Waals surface area contributed by atoms with Crippen LogP contribution in [0.15, 0.2) is 10.6 Å². The van der Waals surface area contributed by atoms with Crippen molar-refractivity contribution in [3.63, 3.8) is 0 Å². The van der Waals surface area contributed by atoms with Crippen LogP contribution in [-0.4, -0.2) is 13.2 Å². The first-order valence-corrected chi connectivity index (χ1v) is 7.52. The molecular formula is C14H25BrO. The number of hydrogen-bond acceptors (Lipinski definition) is 1. The molecule has 0 fully saturated rings. The highest BCUT2D eigenvalue weighted by Crippen LogP contribution is 2.22. The molecule has 1 rings (SSSR count). The molecule has 1 aliphatic rings. The third-order valence-corrected chi connectivity index (χ3v) is 4.19. The molecular weight excluding hydrogens is 264 g/mol. The van der Waals surface area contributed by atoms with Crippen molar-refractivity contribution in [3.05, 3.63) is 10.6 Å². The first-order chi connectivity index (χ1) is 7.84. The summed E-state index contributed by atoms with van der Waals surface area (Å²) < 4.78 is 6.78. The first kappa shape index (κ1) is 14.2. The fourth-order valence-electron chi connectivity index (χ4n) is 2.27. The highest BCUT2D eigenvalue weighted by Gasteiger charge is 2.10. The molecule has 2 heteroatoms. The molecule has 1 unspecified atom stereocenters. The smallest absolute Gasteiger partial charge is 0.0882 e. The number of allylic oxidation sites excluding steroid dienone is 1. The number of methoxy groups -OCH3 is 1. The SMILES string of the molecule is COC1CCCCCCCCCC/C=C/1Br. The Kier molecular flexibility index (Phi) is 8.22. The van der Waals surface area contributed by atoms with Crippen LogP contribution < -0.4 is 0 Å². The molecule has 1 atom stereocenters. The van der Waals surface area contributed by atoms with Crippen LogP contribution in [0.2, 0.25) is 0 Å². The molecule has 0 amide bonds. The molecule has 0 aliphatic heterocycles. The molecule has 0 radical (unpaired) electrons.